The molecule has 0 amide bonds. The van der Waals surface area contributed by atoms with E-state index in [1.54, 1.807) is 26.0 Å². The summed E-state index contributed by atoms with van der Waals surface area (Å²) in [7, 11) is 0. The molecule has 0 bridgehead atoms. The van der Waals surface area contributed by atoms with Crippen LogP contribution in [-0.2, 0) is 0 Å². The molecule has 6 nitrogen and oxygen atoms in total. The van der Waals surface area contributed by atoms with Crippen molar-refractivity contribution in [3.05, 3.63) is 56.5 Å². The second-order valence-corrected chi connectivity index (χ2v) is 6.21. The first kappa shape index (κ1) is 14.6. The van der Waals surface area contributed by atoms with Crippen molar-refractivity contribution in [3.8, 4) is 11.6 Å². The number of aliphatic hydroxyl groups excluding tert-OH is 1. The monoisotopic (exact) mass is 364 g/mol. The van der Waals surface area contributed by atoms with Crippen molar-refractivity contribution >= 4 is 21.7 Å². The van der Waals surface area contributed by atoms with Crippen LogP contribution < -0.4 is 15.0 Å². The fraction of sp³-hybridized carbons (Fsp3) is 0.200. The van der Waals surface area contributed by atoms with Crippen LogP contribution in [0, 0.1) is 0 Å². The summed E-state index contributed by atoms with van der Waals surface area (Å²) in [5.74, 6) is 0.952. The maximum Gasteiger partial charge on any atom is 0.264 e. The predicted molar refractivity (Wildman–Crippen MR) is 83.9 cm³/mol. The average Bonchev–Trinajstić information content (AvgIpc) is 2.47. The van der Waals surface area contributed by atoms with E-state index < -0.39 is 5.60 Å². The summed E-state index contributed by atoms with van der Waals surface area (Å²) < 4.78 is 12.3. The zero-order valence-electron chi connectivity index (χ0n) is 11.9. The summed E-state index contributed by atoms with van der Waals surface area (Å²) in [6.07, 6.45) is 0. The van der Waals surface area contributed by atoms with Crippen LogP contribution in [0.2, 0.25) is 0 Å². The van der Waals surface area contributed by atoms with Gasteiger partial charge in [0.15, 0.2) is 17.1 Å². The Morgan fingerprint density at radius 2 is 2.09 bits per heavy atom. The Morgan fingerprint density at radius 3 is 2.77 bits per heavy atom. The zero-order chi connectivity index (χ0) is 15.9. The number of halogens is 1. The number of hydrogen-bond acceptors (Lipinski definition) is 5. The molecular weight excluding hydrogens is 352 g/mol. The van der Waals surface area contributed by atoms with E-state index in [1.165, 1.54) is 12.1 Å². The van der Waals surface area contributed by atoms with Crippen LogP contribution in [0.25, 0.3) is 5.76 Å². The van der Waals surface area contributed by atoms with Crippen molar-refractivity contribution in [2.45, 2.75) is 19.4 Å². The molecular formula is C15H13BrN2O4. The van der Waals surface area contributed by atoms with Crippen LogP contribution in [0.5, 0.6) is 11.6 Å². The number of aromatic nitrogens is 2. The molecule has 0 atom stereocenters. The zero-order valence-corrected chi connectivity index (χ0v) is 13.5. The molecule has 114 valence electrons. The van der Waals surface area contributed by atoms with Crippen molar-refractivity contribution in [3.63, 3.8) is 0 Å². The van der Waals surface area contributed by atoms with Gasteiger partial charge in [-0.15, -0.1) is 5.10 Å². The summed E-state index contributed by atoms with van der Waals surface area (Å²) in [5.41, 5.74) is -0.668. The first-order valence-corrected chi connectivity index (χ1v) is 7.32. The molecule has 0 fully saturated rings. The molecule has 1 aliphatic rings. The van der Waals surface area contributed by atoms with Gasteiger partial charge in [-0.3, -0.25) is 4.79 Å². The largest absolute Gasteiger partial charge is 0.505 e. The third-order valence-electron chi connectivity index (χ3n) is 3.20. The highest BCUT2D eigenvalue weighted by Gasteiger charge is 2.37. The fourth-order valence-corrected chi connectivity index (χ4v) is 2.45. The van der Waals surface area contributed by atoms with E-state index >= 15 is 0 Å². The standard InChI is InChI=1S/C15H13BrN2O4/c1-15(2)14(20)13(21-12-6-5-11(19)17-18-12)9-7-8(16)3-4-10(9)22-15/h3-7,20H,1-2H3,(H,17,19). The quantitative estimate of drug-likeness (QED) is 0.855. The Hall–Kier alpha value is -2.28. The Labute approximate surface area is 134 Å². The first-order valence-electron chi connectivity index (χ1n) is 6.53. The molecule has 1 aromatic heterocycles. The number of rotatable bonds is 2. The molecule has 0 saturated heterocycles. The topological polar surface area (TPSA) is 84.4 Å². The van der Waals surface area contributed by atoms with E-state index in [0.717, 1.165) is 4.47 Å². The molecule has 3 rings (SSSR count). The molecule has 2 N–H and O–H groups in total. The Balaban J connectivity index is 2.11. The van der Waals surface area contributed by atoms with Gasteiger partial charge in [-0.05, 0) is 32.0 Å². The number of fused-ring (bicyclic) bond motifs is 1. The molecule has 22 heavy (non-hydrogen) atoms. The van der Waals surface area contributed by atoms with Gasteiger partial charge in [-0.2, -0.15) is 0 Å². The van der Waals surface area contributed by atoms with Gasteiger partial charge in [0.2, 0.25) is 5.88 Å². The summed E-state index contributed by atoms with van der Waals surface area (Å²) in [4.78, 5) is 11.1. The number of ether oxygens (including phenoxy) is 2. The van der Waals surface area contributed by atoms with Gasteiger partial charge in [0.1, 0.15) is 5.75 Å². The number of hydrogen-bond donors (Lipinski definition) is 2. The molecule has 1 aromatic carbocycles. The predicted octanol–water partition coefficient (Wildman–Crippen LogP) is 3.01. The second kappa shape index (κ2) is 5.17. The second-order valence-electron chi connectivity index (χ2n) is 5.29. The minimum atomic E-state index is -0.932. The Bertz CT molecular complexity index is 806. The van der Waals surface area contributed by atoms with Crippen molar-refractivity contribution in [1.82, 2.24) is 10.2 Å². The van der Waals surface area contributed by atoms with Gasteiger partial charge in [-0.1, -0.05) is 15.9 Å². The molecule has 0 aliphatic carbocycles. The van der Waals surface area contributed by atoms with E-state index in [9.17, 15) is 9.90 Å². The number of aromatic amines is 1. The van der Waals surface area contributed by atoms with Crippen molar-refractivity contribution in [1.29, 1.82) is 0 Å². The highest BCUT2D eigenvalue weighted by Crippen LogP contribution is 2.41. The number of H-pyrrole nitrogens is 1. The van der Waals surface area contributed by atoms with Gasteiger partial charge in [0.25, 0.3) is 5.56 Å². The molecule has 0 spiro atoms. The number of aliphatic hydroxyl groups is 1. The van der Waals surface area contributed by atoms with E-state index in [-0.39, 0.29) is 23.0 Å². The third kappa shape index (κ3) is 2.59. The van der Waals surface area contributed by atoms with Crippen LogP contribution in [0.15, 0.2) is 45.4 Å². The van der Waals surface area contributed by atoms with E-state index in [0.29, 0.717) is 11.3 Å². The molecule has 1 aliphatic heterocycles. The lowest BCUT2D eigenvalue weighted by molar-refractivity contribution is 0.0865. The minimum Gasteiger partial charge on any atom is -0.505 e. The lowest BCUT2D eigenvalue weighted by Gasteiger charge is -2.33. The number of benzene rings is 1. The lowest BCUT2D eigenvalue weighted by atomic mass is 9.98. The van der Waals surface area contributed by atoms with Gasteiger partial charge >= 0.3 is 0 Å². The van der Waals surface area contributed by atoms with E-state index in [4.69, 9.17) is 9.47 Å². The van der Waals surface area contributed by atoms with Crippen molar-refractivity contribution in [2.75, 3.05) is 0 Å². The van der Waals surface area contributed by atoms with Gasteiger partial charge in [-0.25, -0.2) is 5.10 Å². The average molecular weight is 365 g/mol. The molecule has 7 heteroatoms. The number of nitrogens with one attached hydrogen (secondary N) is 1. The third-order valence-corrected chi connectivity index (χ3v) is 3.69. The fourth-order valence-electron chi connectivity index (χ4n) is 2.09. The summed E-state index contributed by atoms with van der Waals surface area (Å²) in [6, 6.07) is 8.14. The molecule has 0 saturated carbocycles. The highest BCUT2D eigenvalue weighted by atomic mass is 79.9. The van der Waals surface area contributed by atoms with Crippen LogP contribution in [0.1, 0.15) is 19.4 Å². The van der Waals surface area contributed by atoms with Gasteiger partial charge < -0.3 is 14.6 Å². The summed E-state index contributed by atoms with van der Waals surface area (Å²) in [5, 5.41) is 16.5. The van der Waals surface area contributed by atoms with Crippen LogP contribution in [0.4, 0.5) is 0 Å². The van der Waals surface area contributed by atoms with Crippen LogP contribution >= 0.6 is 15.9 Å². The first-order chi connectivity index (χ1) is 10.4. The molecule has 0 radical (unpaired) electrons. The van der Waals surface area contributed by atoms with Crippen molar-refractivity contribution in [2.24, 2.45) is 0 Å². The van der Waals surface area contributed by atoms with E-state index in [2.05, 4.69) is 26.1 Å². The van der Waals surface area contributed by atoms with Crippen molar-refractivity contribution < 1.29 is 14.6 Å². The number of nitrogens with zero attached hydrogens (tertiary/aromatic N) is 1. The lowest BCUT2D eigenvalue weighted by Crippen LogP contribution is -2.35. The minimum absolute atomic E-state index is 0.0499. The van der Waals surface area contributed by atoms with Crippen LogP contribution in [0.3, 0.4) is 0 Å². The summed E-state index contributed by atoms with van der Waals surface area (Å²) >= 11 is 3.38. The molecule has 0 unspecified atom stereocenters. The SMILES string of the molecule is CC1(C)Oc2ccc(Br)cc2C(Oc2ccc(=O)[nH]n2)=C1O. The Morgan fingerprint density at radius 1 is 1.32 bits per heavy atom. The van der Waals surface area contributed by atoms with Gasteiger partial charge in [0.05, 0.1) is 5.56 Å². The van der Waals surface area contributed by atoms with E-state index in [1.807, 2.05) is 6.07 Å². The summed E-state index contributed by atoms with van der Waals surface area (Å²) in [6.45, 7) is 3.47. The van der Waals surface area contributed by atoms with Gasteiger partial charge in [0, 0.05) is 16.6 Å². The maximum atomic E-state index is 11.1. The maximum absolute atomic E-state index is 11.1. The molecule has 2 heterocycles. The Kier molecular flexibility index (Phi) is 3.44. The van der Waals surface area contributed by atoms with Crippen LogP contribution in [-0.4, -0.2) is 20.9 Å². The normalized spacial score (nSPS) is 16.0. The smallest absolute Gasteiger partial charge is 0.264 e. The molecule has 2 aromatic rings. The highest BCUT2D eigenvalue weighted by molar-refractivity contribution is 9.10.